The third kappa shape index (κ3) is 2.42. The third-order valence-electron chi connectivity index (χ3n) is 2.33. The lowest BCUT2D eigenvalue weighted by Crippen LogP contribution is -2.07. The smallest absolute Gasteiger partial charge is 0.419 e. The van der Waals surface area contributed by atoms with E-state index in [0.29, 0.717) is 11.6 Å². The van der Waals surface area contributed by atoms with Crippen LogP contribution in [-0.2, 0) is 6.18 Å². The molecule has 1 aromatic carbocycles. The Labute approximate surface area is 99.5 Å². The van der Waals surface area contributed by atoms with Gasteiger partial charge in [0.2, 0.25) is 0 Å². The molecule has 0 aliphatic rings. The summed E-state index contributed by atoms with van der Waals surface area (Å²) in [6.07, 6.45) is -2.23. The standard InChI is InChI=1S/C12H7F4NO/c13-11-4-7(1-2-10(11)12(14,15)16)8-3-9(18)6-17-5-8/h1-6,18H. The number of hydrogen-bond donors (Lipinski definition) is 1. The Morgan fingerprint density at radius 3 is 2.28 bits per heavy atom. The van der Waals surface area contributed by atoms with Crippen LogP contribution in [0.4, 0.5) is 17.6 Å². The van der Waals surface area contributed by atoms with E-state index in [1.165, 1.54) is 18.5 Å². The minimum absolute atomic E-state index is 0.146. The molecule has 94 valence electrons. The molecule has 0 saturated heterocycles. The van der Waals surface area contributed by atoms with Crippen molar-refractivity contribution in [3.63, 3.8) is 0 Å². The molecule has 18 heavy (non-hydrogen) atoms. The molecule has 0 aliphatic carbocycles. The van der Waals surface area contributed by atoms with E-state index in [2.05, 4.69) is 4.98 Å². The maximum absolute atomic E-state index is 13.3. The fourth-order valence-electron chi connectivity index (χ4n) is 1.51. The van der Waals surface area contributed by atoms with Crippen LogP contribution >= 0.6 is 0 Å². The average molecular weight is 257 g/mol. The highest BCUT2D eigenvalue weighted by Gasteiger charge is 2.33. The van der Waals surface area contributed by atoms with Gasteiger partial charge >= 0.3 is 6.18 Å². The van der Waals surface area contributed by atoms with Crippen molar-refractivity contribution in [1.82, 2.24) is 4.98 Å². The Balaban J connectivity index is 2.47. The van der Waals surface area contributed by atoms with Crippen molar-refractivity contribution >= 4 is 0 Å². The zero-order valence-electron chi connectivity index (χ0n) is 8.87. The highest BCUT2D eigenvalue weighted by molar-refractivity contribution is 5.64. The summed E-state index contributed by atoms with van der Waals surface area (Å²) in [5.74, 6) is -1.50. The van der Waals surface area contributed by atoms with Gasteiger partial charge in [0.25, 0.3) is 0 Å². The predicted octanol–water partition coefficient (Wildman–Crippen LogP) is 3.61. The van der Waals surface area contributed by atoms with E-state index < -0.39 is 17.6 Å². The van der Waals surface area contributed by atoms with Crippen LogP contribution in [0.3, 0.4) is 0 Å². The van der Waals surface area contributed by atoms with Gasteiger partial charge in [0, 0.05) is 11.8 Å². The molecule has 2 rings (SSSR count). The van der Waals surface area contributed by atoms with E-state index in [4.69, 9.17) is 0 Å². The highest BCUT2D eigenvalue weighted by atomic mass is 19.4. The van der Waals surface area contributed by atoms with Crippen LogP contribution in [0.15, 0.2) is 36.7 Å². The molecule has 0 bridgehead atoms. The van der Waals surface area contributed by atoms with Crippen LogP contribution in [-0.4, -0.2) is 10.1 Å². The van der Waals surface area contributed by atoms with Crippen molar-refractivity contribution < 1.29 is 22.7 Å². The van der Waals surface area contributed by atoms with Gasteiger partial charge in [0.15, 0.2) is 0 Å². The van der Waals surface area contributed by atoms with Crippen molar-refractivity contribution in [2.75, 3.05) is 0 Å². The molecule has 0 aliphatic heterocycles. The Hall–Kier alpha value is -2.11. The maximum Gasteiger partial charge on any atom is 0.419 e. The second-order valence-electron chi connectivity index (χ2n) is 3.62. The molecule has 0 unspecified atom stereocenters. The van der Waals surface area contributed by atoms with Crippen LogP contribution in [0.5, 0.6) is 5.75 Å². The maximum atomic E-state index is 13.3. The van der Waals surface area contributed by atoms with Gasteiger partial charge in [-0.05, 0) is 23.8 Å². The molecule has 0 atom stereocenters. The number of rotatable bonds is 1. The minimum atomic E-state index is -4.72. The largest absolute Gasteiger partial charge is 0.506 e. The Bertz CT molecular complexity index is 581. The average Bonchev–Trinajstić information content (AvgIpc) is 2.27. The number of aromatic nitrogens is 1. The quantitative estimate of drug-likeness (QED) is 0.791. The first-order valence-corrected chi connectivity index (χ1v) is 4.89. The first kappa shape index (κ1) is 12.3. The number of alkyl halides is 3. The molecule has 0 spiro atoms. The molecule has 6 heteroatoms. The van der Waals surface area contributed by atoms with Crippen LogP contribution in [0.2, 0.25) is 0 Å². The second-order valence-corrected chi connectivity index (χ2v) is 3.62. The molecule has 0 fully saturated rings. The normalized spacial score (nSPS) is 11.6. The summed E-state index contributed by atoms with van der Waals surface area (Å²) in [6, 6.07) is 3.84. The van der Waals surface area contributed by atoms with Gasteiger partial charge < -0.3 is 5.11 Å². The van der Waals surface area contributed by atoms with E-state index in [9.17, 15) is 22.7 Å². The summed E-state index contributed by atoms with van der Waals surface area (Å²) in [4.78, 5) is 3.67. The SMILES string of the molecule is Oc1cncc(-c2ccc(C(F)(F)F)c(F)c2)c1. The van der Waals surface area contributed by atoms with Gasteiger partial charge in [-0.3, -0.25) is 4.98 Å². The number of benzene rings is 1. The van der Waals surface area contributed by atoms with Gasteiger partial charge in [-0.25, -0.2) is 4.39 Å². The van der Waals surface area contributed by atoms with E-state index in [1.807, 2.05) is 0 Å². The summed E-state index contributed by atoms with van der Waals surface area (Å²) in [5.41, 5.74) is -0.772. The lowest BCUT2D eigenvalue weighted by Gasteiger charge is -2.09. The zero-order valence-corrected chi connectivity index (χ0v) is 8.87. The number of halogens is 4. The zero-order chi connectivity index (χ0) is 13.3. The molecule has 0 radical (unpaired) electrons. The lowest BCUT2D eigenvalue weighted by atomic mass is 10.0. The van der Waals surface area contributed by atoms with Gasteiger partial charge in [-0.15, -0.1) is 0 Å². The topological polar surface area (TPSA) is 33.1 Å². The third-order valence-corrected chi connectivity index (χ3v) is 2.33. The Morgan fingerprint density at radius 2 is 1.72 bits per heavy atom. The van der Waals surface area contributed by atoms with Crippen LogP contribution in [0.25, 0.3) is 11.1 Å². The lowest BCUT2D eigenvalue weighted by molar-refractivity contribution is -0.139. The van der Waals surface area contributed by atoms with E-state index in [0.717, 1.165) is 12.1 Å². The summed E-state index contributed by atoms with van der Waals surface area (Å²) in [7, 11) is 0. The first-order chi connectivity index (χ1) is 8.38. The van der Waals surface area contributed by atoms with Gasteiger partial charge in [-0.2, -0.15) is 13.2 Å². The number of pyridine rings is 1. The molecule has 0 amide bonds. The summed E-state index contributed by atoms with van der Waals surface area (Å²) in [5, 5.41) is 9.19. The highest BCUT2D eigenvalue weighted by Crippen LogP contribution is 2.33. The number of nitrogens with zero attached hydrogens (tertiary/aromatic N) is 1. The van der Waals surface area contributed by atoms with Crippen molar-refractivity contribution in [2.24, 2.45) is 0 Å². The Kier molecular flexibility index (Phi) is 2.94. The number of hydrogen-bond acceptors (Lipinski definition) is 2. The Morgan fingerprint density at radius 1 is 1.00 bits per heavy atom. The fraction of sp³-hybridized carbons (Fsp3) is 0.0833. The molecular weight excluding hydrogens is 250 g/mol. The van der Waals surface area contributed by atoms with Gasteiger partial charge in [0.1, 0.15) is 11.6 Å². The second kappa shape index (κ2) is 4.29. The molecule has 2 aromatic rings. The summed E-state index contributed by atoms with van der Waals surface area (Å²) >= 11 is 0. The van der Waals surface area contributed by atoms with E-state index in [-0.39, 0.29) is 11.3 Å². The monoisotopic (exact) mass is 257 g/mol. The minimum Gasteiger partial charge on any atom is -0.506 e. The van der Waals surface area contributed by atoms with Crippen LogP contribution in [0.1, 0.15) is 5.56 Å². The summed E-state index contributed by atoms with van der Waals surface area (Å²) in [6.45, 7) is 0. The molecular formula is C12H7F4NO. The predicted molar refractivity (Wildman–Crippen MR) is 56.3 cm³/mol. The summed E-state index contributed by atoms with van der Waals surface area (Å²) < 4.78 is 50.4. The van der Waals surface area contributed by atoms with Crippen molar-refractivity contribution in [3.05, 3.63) is 48.0 Å². The molecule has 1 N–H and O–H groups in total. The molecule has 0 saturated carbocycles. The van der Waals surface area contributed by atoms with Crippen molar-refractivity contribution in [2.45, 2.75) is 6.18 Å². The molecule has 1 heterocycles. The van der Waals surface area contributed by atoms with E-state index in [1.54, 1.807) is 0 Å². The molecule has 2 nitrogen and oxygen atoms in total. The van der Waals surface area contributed by atoms with Crippen LogP contribution < -0.4 is 0 Å². The van der Waals surface area contributed by atoms with Crippen LogP contribution in [0, 0.1) is 5.82 Å². The van der Waals surface area contributed by atoms with Gasteiger partial charge in [0.05, 0.1) is 11.8 Å². The molecule has 1 aromatic heterocycles. The first-order valence-electron chi connectivity index (χ1n) is 4.89. The van der Waals surface area contributed by atoms with Crippen molar-refractivity contribution in [3.8, 4) is 16.9 Å². The van der Waals surface area contributed by atoms with Gasteiger partial charge in [-0.1, -0.05) is 6.07 Å². The fourth-order valence-corrected chi connectivity index (χ4v) is 1.51. The number of aromatic hydroxyl groups is 1. The van der Waals surface area contributed by atoms with E-state index >= 15 is 0 Å². The van der Waals surface area contributed by atoms with Crippen molar-refractivity contribution in [1.29, 1.82) is 0 Å².